The summed E-state index contributed by atoms with van der Waals surface area (Å²) in [6, 6.07) is 0. The van der Waals surface area contributed by atoms with Crippen molar-refractivity contribution >= 4 is 11.9 Å². The SMILES string of the molecule is CC(CCNC(=O)CCC(CCN)C(C)(C)C)C(=O)O. The number of nitrogens with one attached hydrogen (secondary N) is 1. The molecule has 0 saturated carbocycles. The van der Waals surface area contributed by atoms with Gasteiger partial charge in [0.2, 0.25) is 5.91 Å². The summed E-state index contributed by atoms with van der Waals surface area (Å²) in [6.45, 7) is 9.20. The van der Waals surface area contributed by atoms with Crippen molar-refractivity contribution in [2.45, 2.75) is 53.4 Å². The zero-order valence-electron chi connectivity index (χ0n) is 13.2. The maximum absolute atomic E-state index is 11.7. The van der Waals surface area contributed by atoms with E-state index in [0.717, 1.165) is 12.8 Å². The van der Waals surface area contributed by atoms with E-state index in [2.05, 4.69) is 26.1 Å². The minimum absolute atomic E-state index is 0.00568. The van der Waals surface area contributed by atoms with Crippen molar-refractivity contribution in [2.24, 2.45) is 23.0 Å². The number of carbonyl (C=O) groups excluding carboxylic acids is 1. The summed E-state index contributed by atoms with van der Waals surface area (Å²) >= 11 is 0. The molecule has 0 bridgehead atoms. The Bertz CT molecular complexity index is 311. The highest BCUT2D eigenvalue weighted by Gasteiger charge is 2.24. The number of rotatable bonds is 9. The van der Waals surface area contributed by atoms with Gasteiger partial charge >= 0.3 is 5.97 Å². The quantitative estimate of drug-likeness (QED) is 0.604. The molecule has 2 atom stereocenters. The molecule has 0 aromatic rings. The zero-order valence-corrected chi connectivity index (χ0v) is 13.2. The molecule has 0 heterocycles. The molecule has 118 valence electrons. The number of hydrogen-bond acceptors (Lipinski definition) is 3. The number of carbonyl (C=O) groups is 2. The predicted octanol–water partition coefficient (Wildman–Crippen LogP) is 2.00. The second-order valence-corrected chi connectivity index (χ2v) is 6.56. The summed E-state index contributed by atoms with van der Waals surface area (Å²) in [5.41, 5.74) is 5.77. The molecule has 0 radical (unpaired) electrons. The topological polar surface area (TPSA) is 92.4 Å². The second-order valence-electron chi connectivity index (χ2n) is 6.56. The Hall–Kier alpha value is -1.10. The Balaban J connectivity index is 3.99. The molecular formula is C15H30N2O3. The summed E-state index contributed by atoms with van der Waals surface area (Å²) in [4.78, 5) is 22.4. The van der Waals surface area contributed by atoms with Crippen LogP contribution in [0.15, 0.2) is 0 Å². The Labute approximate surface area is 122 Å². The van der Waals surface area contributed by atoms with Crippen LogP contribution < -0.4 is 11.1 Å². The Morgan fingerprint density at radius 3 is 2.25 bits per heavy atom. The van der Waals surface area contributed by atoms with Crippen LogP contribution in [-0.2, 0) is 9.59 Å². The van der Waals surface area contributed by atoms with E-state index in [4.69, 9.17) is 10.8 Å². The Kier molecular flexibility index (Phi) is 8.46. The van der Waals surface area contributed by atoms with E-state index >= 15 is 0 Å². The maximum Gasteiger partial charge on any atom is 0.306 e. The van der Waals surface area contributed by atoms with Crippen LogP contribution in [-0.4, -0.2) is 30.1 Å². The van der Waals surface area contributed by atoms with Crippen molar-refractivity contribution in [3.63, 3.8) is 0 Å². The van der Waals surface area contributed by atoms with Crippen LogP contribution in [0, 0.1) is 17.3 Å². The lowest BCUT2D eigenvalue weighted by Gasteiger charge is -2.30. The fourth-order valence-electron chi connectivity index (χ4n) is 2.16. The molecule has 1 amide bonds. The van der Waals surface area contributed by atoms with E-state index in [1.165, 1.54) is 0 Å². The van der Waals surface area contributed by atoms with Gasteiger partial charge in [-0.2, -0.15) is 0 Å². The molecule has 0 aliphatic heterocycles. The fourth-order valence-corrected chi connectivity index (χ4v) is 2.16. The molecule has 0 aliphatic carbocycles. The average Bonchev–Trinajstić information content (AvgIpc) is 2.32. The van der Waals surface area contributed by atoms with Gasteiger partial charge in [-0.1, -0.05) is 27.7 Å². The average molecular weight is 286 g/mol. The van der Waals surface area contributed by atoms with Crippen LogP contribution in [0.2, 0.25) is 0 Å². The third-order valence-electron chi connectivity index (χ3n) is 3.78. The van der Waals surface area contributed by atoms with E-state index in [1.807, 2.05) is 0 Å². The van der Waals surface area contributed by atoms with E-state index in [9.17, 15) is 9.59 Å². The van der Waals surface area contributed by atoms with Crippen LogP contribution in [0.4, 0.5) is 0 Å². The van der Waals surface area contributed by atoms with Gasteiger partial charge in [-0.15, -0.1) is 0 Å². The molecule has 5 nitrogen and oxygen atoms in total. The van der Waals surface area contributed by atoms with E-state index in [0.29, 0.717) is 31.8 Å². The van der Waals surface area contributed by atoms with Crippen molar-refractivity contribution in [1.82, 2.24) is 5.32 Å². The smallest absolute Gasteiger partial charge is 0.306 e. The van der Waals surface area contributed by atoms with Crippen LogP contribution >= 0.6 is 0 Å². The Morgan fingerprint density at radius 1 is 1.20 bits per heavy atom. The highest BCUT2D eigenvalue weighted by atomic mass is 16.4. The third-order valence-corrected chi connectivity index (χ3v) is 3.78. The molecule has 0 aromatic carbocycles. The first-order valence-corrected chi connectivity index (χ1v) is 7.38. The molecule has 0 rings (SSSR count). The molecule has 20 heavy (non-hydrogen) atoms. The van der Waals surface area contributed by atoms with Gasteiger partial charge in [0.1, 0.15) is 0 Å². The van der Waals surface area contributed by atoms with Crippen molar-refractivity contribution in [2.75, 3.05) is 13.1 Å². The zero-order chi connectivity index (χ0) is 15.8. The largest absolute Gasteiger partial charge is 0.481 e. The number of carboxylic acid groups (broad SMARTS) is 1. The van der Waals surface area contributed by atoms with Crippen molar-refractivity contribution in [3.05, 3.63) is 0 Å². The second kappa shape index (κ2) is 8.95. The Morgan fingerprint density at radius 2 is 1.80 bits per heavy atom. The van der Waals surface area contributed by atoms with Crippen molar-refractivity contribution in [1.29, 1.82) is 0 Å². The first-order valence-electron chi connectivity index (χ1n) is 7.38. The number of hydrogen-bond donors (Lipinski definition) is 3. The summed E-state index contributed by atoms with van der Waals surface area (Å²) in [5, 5.41) is 11.5. The number of aliphatic carboxylic acids is 1. The summed E-state index contributed by atoms with van der Waals surface area (Å²) in [5.74, 6) is -0.824. The molecule has 4 N–H and O–H groups in total. The number of nitrogens with two attached hydrogens (primary N) is 1. The van der Waals surface area contributed by atoms with Crippen LogP contribution in [0.25, 0.3) is 0 Å². The van der Waals surface area contributed by atoms with Gasteiger partial charge in [0, 0.05) is 13.0 Å². The lowest BCUT2D eigenvalue weighted by molar-refractivity contribution is -0.141. The van der Waals surface area contributed by atoms with Crippen LogP contribution in [0.5, 0.6) is 0 Å². The monoisotopic (exact) mass is 286 g/mol. The lowest BCUT2D eigenvalue weighted by Crippen LogP contribution is -2.29. The lowest BCUT2D eigenvalue weighted by atomic mass is 9.76. The number of amides is 1. The molecule has 2 unspecified atom stereocenters. The normalized spacial score (nSPS) is 14.7. The van der Waals surface area contributed by atoms with Crippen molar-refractivity contribution < 1.29 is 14.7 Å². The molecule has 0 spiro atoms. The summed E-state index contributed by atoms with van der Waals surface area (Å²) in [7, 11) is 0. The fraction of sp³-hybridized carbons (Fsp3) is 0.867. The van der Waals surface area contributed by atoms with Crippen molar-refractivity contribution in [3.8, 4) is 0 Å². The molecule has 0 aliphatic rings. The van der Waals surface area contributed by atoms with Crippen LogP contribution in [0.1, 0.15) is 53.4 Å². The molecule has 0 saturated heterocycles. The summed E-state index contributed by atoms with van der Waals surface area (Å²) < 4.78 is 0. The van der Waals surface area contributed by atoms with Gasteiger partial charge in [0.15, 0.2) is 0 Å². The van der Waals surface area contributed by atoms with Gasteiger partial charge in [-0.05, 0) is 37.1 Å². The maximum atomic E-state index is 11.7. The predicted molar refractivity (Wildman–Crippen MR) is 80.3 cm³/mol. The van der Waals surface area contributed by atoms with Gasteiger partial charge in [-0.3, -0.25) is 9.59 Å². The molecule has 0 aromatic heterocycles. The van der Waals surface area contributed by atoms with Gasteiger partial charge in [0.05, 0.1) is 5.92 Å². The third kappa shape index (κ3) is 8.15. The van der Waals surface area contributed by atoms with Gasteiger partial charge in [-0.25, -0.2) is 0 Å². The first kappa shape index (κ1) is 18.9. The van der Waals surface area contributed by atoms with E-state index in [1.54, 1.807) is 6.92 Å². The van der Waals surface area contributed by atoms with Gasteiger partial charge < -0.3 is 16.2 Å². The minimum atomic E-state index is -0.824. The molecule has 0 fully saturated rings. The van der Waals surface area contributed by atoms with E-state index < -0.39 is 11.9 Å². The standard InChI is InChI=1S/C15H30N2O3/c1-11(14(19)20)8-10-17-13(18)6-5-12(7-9-16)15(2,3)4/h11-12H,5-10,16H2,1-4H3,(H,17,18)(H,19,20). The highest BCUT2D eigenvalue weighted by molar-refractivity contribution is 5.76. The summed E-state index contributed by atoms with van der Waals surface area (Å²) in [6.07, 6.45) is 2.68. The molecule has 5 heteroatoms. The van der Waals surface area contributed by atoms with Crippen LogP contribution in [0.3, 0.4) is 0 Å². The molecular weight excluding hydrogens is 256 g/mol. The van der Waals surface area contributed by atoms with E-state index in [-0.39, 0.29) is 11.3 Å². The minimum Gasteiger partial charge on any atom is -0.481 e. The number of carboxylic acids is 1. The van der Waals surface area contributed by atoms with Gasteiger partial charge in [0.25, 0.3) is 0 Å². The first-order chi connectivity index (χ1) is 9.18. The highest BCUT2D eigenvalue weighted by Crippen LogP contribution is 2.31.